The van der Waals surface area contributed by atoms with E-state index in [-0.39, 0.29) is 41.3 Å². The van der Waals surface area contributed by atoms with E-state index in [4.69, 9.17) is 4.74 Å². The van der Waals surface area contributed by atoms with E-state index in [0.29, 0.717) is 29.6 Å². The summed E-state index contributed by atoms with van der Waals surface area (Å²) >= 11 is 0. The average molecular weight is 421 g/mol. The van der Waals surface area contributed by atoms with Crippen LogP contribution in [0.15, 0.2) is 0 Å². The lowest BCUT2D eigenvalue weighted by Gasteiger charge is -2.62. The van der Waals surface area contributed by atoms with E-state index in [2.05, 4.69) is 20.8 Å². The van der Waals surface area contributed by atoms with Gasteiger partial charge in [-0.1, -0.05) is 20.8 Å². The van der Waals surface area contributed by atoms with Gasteiger partial charge in [0.2, 0.25) is 0 Å². The average Bonchev–Trinajstić information content (AvgIpc) is 2.99. The summed E-state index contributed by atoms with van der Waals surface area (Å²) in [5, 5.41) is 20.7. The molecule has 10 unspecified atom stereocenters. The van der Waals surface area contributed by atoms with Crippen LogP contribution in [0.5, 0.6) is 0 Å². The van der Waals surface area contributed by atoms with Gasteiger partial charge < -0.3 is 14.9 Å². The number of carboxylic acid groups (broad SMARTS) is 1. The minimum absolute atomic E-state index is 0.00547. The van der Waals surface area contributed by atoms with Crippen molar-refractivity contribution in [3.8, 4) is 0 Å². The molecular weight excluding hydrogens is 380 g/mol. The molecule has 4 fully saturated rings. The summed E-state index contributed by atoms with van der Waals surface area (Å²) in [4.78, 5) is 22.8. The minimum Gasteiger partial charge on any atom is -0.481 e. The van der Waals surface area contributed by atoms with Gasteiger partial charge in [0.1, 0.15) is 6.10 Å². The summed E-state index contributed by atoms with van der Waals surface area (Å²) in [5.74, 6) is 1.51. The first-order chi connectivity index (χ1) is 14.1. The van der Waals surface area contributed by atoms with E-state index < -0.39 is 5.97 Å². The molecule has 0 heterocycles. The highest BCUT2D eigenvalue weighted by Crippen LogP contribution is 2.68. The maximum atomic E-state index is 11.4. The quantitative estimate of drug-likeness (QED) is 0.646. The molecule has 5 heteroatoms. The zero-order chi connectivity index (χ0) is 21.8. The molecule has 0 aromatic heterocycles. The predicted octanol–water partition coefficient (Wildman–Crippen LogP) is 4.66. The predicted molar refractivity (Wildman–Crippen MR) is 114 cm³/mol. The molecule has 0 radical (unpaired) electrons. The summed E-state index contributed by atoms with van der Waals surface area (Å²) < 4.78 is 5.55. The van der Waals surface area contributed by atoms with Gasteiger partial charge in [-0.3, -0.25) is 9.59 Å². The summed E-state index contributed by atoms with van der Waals surface area (Å²) in [6.07, 6.45) is 8.19. The lowest BCUT2D eigenvalue weighted by Crippen LogP contribution is -2.58. The minimum atomic E-state index is -0.694. The van der Waals surface area contributed by atoms with Crippen molar-refractivity contribution >= 4 is 11.9 Å². The number of aliphatic hydroxyl groups excluding tert-OH is 1. The molecular formula is C25H40O5. The monoisotopic (exact) mass is 420 g/mol. The van der Waals surface area contributed by atoms with Crippen LogP contribution in [0.4, 0.5) is 0 Å². The first kappa shape index (κ1) is 22.1. The van der Waals surface area contributed by atoms with Gasteiger partial charge in [-0.2, -0.15) is 0 Å². The van der Waals surface area contributed by atoms with Crippen LogP contribution < -0.4 is 0 Å². The number of esters is 1. The molecule has 5 nitrogen and oxygen atoms in total. The molecule has 170 valence electrons. The number of aliphatic carboxylic acids is 1. The molecule has 0 aromatic rings. The molecule has 2 N–H and O–H groups in total. The normalized spacial score (nSPS) is 48.8. The van der Waals surface area contributed by atoms with E-state index in [0.717, 1.165) is 51.4 Å². The maximum Gasteiger partial charge on any atom is 0.303 e. The Balaban J connectivity index is 1.55. The molecule has 4 rings (SSSR count). The summed E-state index contributed by atoms with van der Waals surface area (Å²) in [7, 11) is 0. The smallest absolute Gasteiger partial charge is 0.303 e. The van der Waals surface area contributed by atoms with Crippen molar-refractivity contribution in [2.24, 2.45) is 46.3 Å². The van der Waals surface area contributed by atoms with E-state index in [1.807, 2.05) is 0 Å². The van der Waals surface area contributed by atoms with E-state index in [1.165, 1.54) is 6.92 Å². The highest BCUT2D eigenvalue weighted by molar-refractivity contribution is 5.67. The third-order valence-corrected chi connectivity index (χ3v) is 10.2. The molecule has 0 aromatic carbocycles. The Morgan fingerprint density at radius 1 is 1.03 bits per heavy atom. The van der Waals surface area contributed by atoms with Gasteiger partial charge in [-0.25, -0.2) is 0 Å². The van der Waals surface area contributed by atoms with Crippen LogP contribution in [0.3, 0.4) is 0 Å². The molecule has 0 spiro atoms. The molecule has 30 heavy (non-hydrogen) atoms. The lowest BCUT2D eigenvalue weighted by molar-refractivity contribution is -0.182. The van der Waals surface area contributed by atoms with Crippen LogP contribution in [0.25, 0.3) is 0 Å². The Hall–Kier alpha value is -1.10. The number of rotatable bonds is 4. The fraction of sp³-hybridized carbons (Fsp3) is 0.920. The summed E-state index contributed by atoms with van der Waals surface area (Å²) in [5.41, 5.74) is 0.363. The Morgan fingerprint density at radius 2 is 1.70 bits per heavy atom. The van der Waals surface area contributed by atoms with E-state index in [9.17, 15) is 19.8 Å². The Labute approximate surface area is 180 Å². The van der Waals surface area contributed by atoms with Crippen molar-refractivity contribution in [1.29, 1.82) is 0 Å². The van der Waals surface area contributed by atoms with Crippen LogP contribution in [0, 0.1) is 46.3 Å². The highest BCUT2D eigenvalue weighted by atomic mass is 16.5. The second kappa shape index (κ2) is 7.79. The fourth-order valence-corrected chi connectivity index (χ4v) is 8.92. The van der Waals surface area contributed by atoms with Crippen molar-refractivity contribution in [1.82, 2.24) is 0 Å². The van der Waals surface area contributed by atoms with Crippen molar-refractivity contribution in [2.75, 3.05) is 0 Å². The standard InChI is InChI=1S/C25H40O5/c1-14(11-22(28)29)18-5-6-19-23-20(8-10-25(18,19)4)24(3)9-7-17(30-15(2)26)12-16(24)13-21(23)27/h14,16-21,23,27H,5-13H2,1-4H3,(H,28,29). The zero-order valence-corrected chi connectivity index (χ0v) is 19.1. The zero-order valence-electron chi connectivity index (χ0n) is 19.1. The Kier molecular flexibility index (Phi) is 5.74. The van der Waals surface area contributed by atoms with Crippen LogP contribution in [-0.2, 0) is 14.3 Å². The number of ether oxygens (including phenoxy) is 1. The molecule has 0 saturated heterocycles. The van der Waals surface area contributed by atoms with Gasteiger partial charge in [0.15, 0.2) is 0 Å². The summed E-state index contributed by atoms with van der Waals surface area (Å²) in [6, 6.07) is 0. The molecule has 4 saturated carbocycles. The van der Waals surface area contributed by atoms with Gasteiger partial charge in [0, 0.05) is 13.3 Å². The number of hydrogen-bond acceptors (Lipinski definition) is 4. The van der Waals surface area contributed by atoms with Gasteiger partial charge in [0.25, 0.3) is 0 Å². The maximum absolute atomic E-state index is 11.4. The van der Waals surface area contributed by atoms with Crippen molar-refractivity contribution in [2.45, 2.75) is 97.7 Å². The third kappa shape index (κ3) is 3.49. The Morgan fingerprint density at radius 3 is 2.37 bits per heavy atom. The number of carbonyl (C=O) groups is 2. The van der Waals surface area contributed by atoms with Crippen molar-refractivity contribution in [3.63, 3.8) is 0 Å². The molecule has 0 amide bonds. The van der Waals surface area contributed by atoms with E-state index in [1.54, 1.807) is 0 Å². The SMILES string of the molecule is CC(=O)OC1CCC2(C)C(C1)CC(O)C1C2CCC2(C)C(C(C)CC(=O)O)CCC12. The summed E-state index contributed by atoms with van der Waals surface area (Å²) in [6.45, 7) is 8.43. The fourth-order valence-electron chi connectivity index (χ4n) is 8.92. The Bertz CT molecular complexity index is 691. The number of carboxylic acids is 1. The second-order valence-electron chi connectivity index (χ2n) is 11.6. The molecule has 0 aliphatic heterocycles. The topological polar surface area (TPSA) is 83.8 Å². The number of hydrogen-bond donors (Lipinski definition) is 2. The van der Waals surface area contributed by atoms with Crippen LogP contribution >= 0.6 is 0 Å². The van der Waals surface area contributed by atoms with Gasteiger partial charge in [-0.05, 0) is 97.7 Å². The molecule has 10 atom stereocenters. The number of fused-ring (bicyclic) bond motifs is 5. The lowest BCUT2D eigenvalue weighted by atomic mass is 9.43. The van der Waals surface area contributed by atoms with Gasteiger partial charge >= 0.3 is 11.9 Å². The molecule has 4 aliphatic rings. The van der Waals surface area contributed by atoms with Gasteiger partial charge in [0.05, 0.1) is 6.10 Å². The number of carbonyl (C=O) groups excluding carboxylic acids is 1. The van der Waals surface area contributed by atoms with Crippen molar-refractivity contribution < 1.29 is 24.5 Å². The van der Waals surface area contributed by atoms with Crippen LogP contribution in [0.2, 0.25) is 0 Å². The highest BCUT2D eigenvalue weighted by Gasteiger charge is 2.63. The largest absolute Gasteiger partial charge is 0.481 e. The molecule has 0 bridgehead atoms. The van der Waals surface area contributed by atoms with Crippen LogP contribution in [0.1, 0.15) is 85.5 Å². The van der Waals surface area contributed by atoms with Crippen molar-refractivity contribution in [3.05, 3.63) is 0 Å². The third-order valence-electron chi connectivity index (χ3n) is 10.2. The van der Waals surface area contributed by atoms with E-state index >= 15 is 0 Å². The second-order valence-corrected chi connectivity index (χ2v) is 11.6. The number of aliphatic hydroxyl groups is 1. The first-order valence-corrected chi connectivity index (χ1v) is 12.1. The van der Waals surface area contributed by atoms with Gasteiger partial charge in [-0.15, -0.1) is 0 Å². The molecule has 4 aliphatic carbocycles. The first-order valence-electron chi connectivity index (χ1n) is 12.1. The van der Waals surface area contributed by atoms with Crippen LogP contribution in [-0.4, -0.2) is 34.4 Å².